The topological polar surface area (TPSA) is 66.0 Å². The van der Waals surface area contributed by atoms with Crippen molar-refractivity contribution in [1.29, 1.82) is 0 Å². The van der Waals surface area contributed by atoms with Gasteiger partial charge in [0, 0.05) is 38.3 Å². The van der Waals surface area contributed by atoms with Crippen molar-refractivity contribution in [2.75, 3.05) is 20.1 Å². The van der Waals surface area contributed by atoms with E-state index < -0.39 is 0 Å². The van der Waals surface area contributed by atoms with E-state index in [0.29, 0.717) is 25.7 Å². The Kier molecular flexibility index (Phi) is 6.50. The molecule has 2 N–H and O–H groups in total. The third-order valence-electron chi connectivity index (χ3n) is 4.94. The number of hydrogen-bond donors (Lipinski definition) is 2. The molecule has 1 aliphatic heterocycles. The molecule has 2 atom stereocenters. The summed E-state index contributed by atoms with van der Waals surface area (Å²) in [6.07, 6.45) is 6.62. The summed E-state index contributed by atoms with van der Waals surface area (Å²) in [5.74, 6) is 0.878. The van der Waals surface area contributed by atoms with Gasteiger partial charge in [0.25, 0.3) is 5.91 Å². The van der Waals surface area contributed by atoms with E-state index >= 15 is 0 Å². The molecule has 1 amide bonds. The number of rotatable bonds is 4. The quantitative estimate of drug-likeness (QED) is 0.485. The van der Waals surface area contributed by atoms with Crippen LogP contribution in [0.4, 0.5) is 0 Å². The van der Waals surface area contributed by atoms with Crippen molar-refractivity contribution in [3.8, 4) is 0 Å². The molecular weight excluding hydrogens is 340 g/mol. The van der Waals surface area contributed by atoms with Gasteiger partial charge in [-0.3, -0.25) is 9.79 Å². The average Bonchev–Trinajstić information content (AvgIpc) is 3.17. The Morgan fingerprint density at radius 1 is 1.15 bits per heavy atom. The third-order valence-corrected chi connectivity index (χ3v) is 4.94. The number of nitrogens with zero attached hydrogens (tertiary/aromatic N) is 2. The number of amides is 1. The molecular formula is C21H30N4O2. The van der Waals surface area contributed by atoms with Crippen molar-refractivity contribution in [3.05, 3.63) is 47.5 Å². The van der Waals surface area contributed by atoms with Crippen LogP contribution in [0.1, 0.15) is 42.6 Å². The summed E-state index contributed by atoms with van der Waals surface area (Å²) in [6.45, 7) is 5.97. The molecule has 1 aromatic rings. The summed E-state index contributed by atoms with van der Waals surface area (Å²) in [7, 11) is 1.78. The SMILES string of the molecule is CN=C(NCc1ccc(C(=O)N2CC(C)OC(C)C2)cc1)NC1CC=CC1. The molecule has 0 radical (unpaired) electrons. The highest BCUT2D eigenvalue weighted by atomic mass is 16.5. The molecule has 6 nitrogen and oxygen atoms in total. The second kappa shape index (κ2) is 9.04. The van der Waals surface area contributed by atoms with Gasteiger partial charge in [-0.05, 0) is 44.4 Å². The van der Waals surface area contributed by atoms with Crippen molar-refractivity contribution in [2.24, 2.45) is 4.99 Å². The van der Waals surface area contributed by atoms with Crippen LogP contribution in [-0.4, -0.2) is 55.2 Å². The largest absolute Gasteiger partial charge is 0.372 e. The monoisotopic (exact) mass is 370 g/mol. The Morgan fingerprint density at radius 3 is 2.37 bits per heavy atom. The lowest BCUT2D eigenvalue weighted by atomic mass is 10.1. The molecule has 2 unspecified atom stereocenters. The highest BCUT2D eigenvalue weighted by Crippen LogP contribution is 2.15. The van der Waals surface area contributed by atoms with Gasteiger partial charge in [-0.15, -0.1) is 0 Å². The number of carbonyl (C=O) groups is 1. The lowest BCUT2D eigenvalue weighted by molar-refractivity contribution is -0.0586. The van der Waals surface area contributed by atoms with Gasteiger partial charge in [-0.2, -0.15) is 0 Å². The Bertz CT molecular complexity index is 681. The first-order valence-electron chi connectivity index (χ1n) is 9.71. The van der Waals surface area contributed by atoms with Crippen LogP contribution in [0.25, 0.3) is 0 Å². The summed E-state index contributed by atoms with van der Waals surface area (Å²) < 4.78 is 5.71. The molecule has 0 saturated carbocycles. The number of ether oxygens (including phenoxy) is 1. The number of guanidine groups is 1. The number of morpholine rings is 1. The smallest absolute Gasteiger partial charge is 0.254 e. The maximum Gasteiger partial charge on any atom is 0.254 e. The Balaban J connectivity index is 1.52. The fourth-order valence-electron chi connectivity index (χ4n) is 3.60. The van der Waals surface area contributed by atoms with E-state index in [1.54, 1.807) is 7.05 Å². The van der Waals surface area contributed by atoms with E-state index in [1.165, 1.54) is 0 Å². The fraction of sp³-hybridized carbons (Fsp3) is 0.524. The van der Waals surface area contributed by atoms with Crippen molar-refractivity contribution in [2.45, 2.75) is 51.5 Å². The highest BCUT2D eigenvalue weighted by Gasteiger charge is 2.26. The number of aliphatic imine (C=N–C) groups is 1. The first-order valence-corrected chi connectivity index (χ1v) is 9.71. The fourth-order valence-corrected chi connectivity index (χ4v) is 3.60. The van der Waals surface area contributed by atoms with Gasteiger partial charge in [-0.25, -0.2) is 0 Å². The van der Waals surface area contributed by atoms with E-state index in [-0.39, 0.29) is 18.1 Å². The zero-order valence-corrected chi connectivity index (χ0v) is 16.4. The number of hydrogen-bond acceptors (Lipinski definition) is 3. The Morgan fingerprint density at radius 2 is 1.78 bits per heavy atom. The standard InChI is InChI=1S/C21H30N4O2/c1-15-13-25(14-16(2)27-15)20(26)18-10-8-17(9-11-18)12-23-21(22-3)24-19-6-4-5-7-19/h4-5,8-11,15-16,19H,6-7,12-14H2,1-3H3,(H2,22,23,24). The molecule has 3 rings (SSSR count). The lowest BCUT2D eigenvalue weighted by Crippen LogP contribution is -2.48. The van der Waals surface area contributed by atoms with Crippen molar-refractivity contribution in [3.63, 3.8) is 0 Å². The number of carbonyl (C=O) groups excluding carboxylic acids is 1. The molecule has 0 spiro atoms. The minimum Gasteiger partial charge on any atom is -0.372 e. The zero-order chi connectivity index (χ0) is 19.2. The predicted molar refractivity (Wildman–Crippen MR) is 108 cm³/mol. The lowest BCUT2D eigenvalue weighted by Gasteiger charge is -2.35. The molecule has 6 heteroatoms. The van der Waals surface area contributed by atoms with Crippen LogP contribution in [0.2, 0.25) is 0 Å². The molecule has 1 fully saturated rings. The third kappa shape index (κ3) is 5.32. The van der Waals surface area contributed by atoms with Gasteiger partial charge in [0.1, 0.15) is 0 Å². The summed E-state index contributed by atoms with van der Waals surface area (Å²) in [6, 6.07) is 8.23. The van der Waals surface area contributed by atoms with Gasteiger partial charge in [-0.1, -0.05) is 24.3 Å². The van der Waals surface area contributed by atoms with Gasteiger partial charge < -0.3 is 20.3 Å². The van der Waals surface area contributed by atoms with Crippen molar-refractivity contribution in [1.82, 2.24) is 15.5 Å². The van der Waals surface area contributed by atoms with E-state index in [9.17, 15) is 4.79 Å². The van der Waals surface area contributed by atoms with Crippen LogP contribution in [0.5, 0.6) is 0 Å². The van der Waals surface area contributed by atoms with Crippen LogP contribution >= 0.6 is 0 Å². The van der Waals surface area contributed by atoms with Crippen LogP contribution in [0.3, 0.4) is 0 Å². The van der Waals surface area contributed by atoms with Gasteiger partial charge >= 0.3 is 0 Å². The van der Waals surface area contributed by atoms with Gasteiger partial charge in [0.2, 0.25) is 0 Å². The van der Waals surface area contributed by atoms with Crippen LogP contribution in [0, 0.1) is 0 Å². The highest BCUT2D eigenvalue weighted by molar-refractivity contribution is 5.94. The van der Waals surface area contributed by atoms with Crippen LogP contribution < -0.4 is 10.6 Å². The second-order valence-corrected chi connectivity index (χ2v) is 7.37. The van der Waals surface area contributed by atoms with E-state index in [0.717, 1.165) is 29.9 Å². The number of nitrogens with one attached hydrogen (secondary N) is 2. The minimum absolute atomic E-state index is 0.0720. The first-order chi connectivity index (χ1) is 13.0. The van der Waals surface area contributed by atoms with Crippen LogP contribution in [-0.2, 0) is 11.3 Å². The van der Waals surface area contributed by atoms with E-state index in [1.807, 2.05) is 43.0 Å². The molecule has 1 aliphatic carbocycles. The summed E-state index contributed by atoms with van der Waals surface area (Å²) in [5.41, 5.74) is 1.84. The van der Waals surface area contributed by atoms with Crippen molar-refractivity contribution < 1.29 is 9.53 Å². The zero-order valence-electron chi connectivity index (χ0n) is 16.4. The molecule has 0 aromatic heterocycles. The summed E-state index contributed by atoms with van der Waals surface area (Å²) in [5, 5.41) is 6.76. The number of benzene rings is 1. The summed E-state index contributed by atoms with van der Waals surface area (Å²) in [4.78, 5) is 18.9. The van der Waals surface area contributed by atoms with Gasteiger partial charge in [0.05, 0.1) is 12.2 Å². The van der Waals surface area contributed by atoms with E-state index in [2.05, 4.69) is 27.8 Å². The molecule has 146 valence electrons. The second-order valence-electron chi connectivity index (χ2n) is 7.37. The predicted octanol–water partition coefficient (Wildman–Crippen LogP) is 2.32. The Hall–Kier alpha value is -2.34. The molecule has 2 aliphatic rings. The molecule has 27 heavy (non-hydrogen) atoms. The molecule has 1 aromatic carbocycles. The summed E-state index contributed by atoms with van der Waals surface area (Å²) >= 11 is 0. The molecule has 1 saturated heterocycles. The Labute approximate surface area is 161 Å². The maximum atomic E-state index is 12.7. The molecule has 0 bridgehead atoms. The first kappa shape index (κ1) is 19.4. The minimum atomic E-state index is 0.0720. The molecule has 1 heterocycles. The van der Waals surface area contributed by atoms with Crippen molar-refractivity contribution >= 4 is 11.9 Å². The average molecular weight is 370 g/mol. The van der Waals surface area contributed by atoms with Gasteiger partial charge in [0.15, 0.2) is 5.96 Å². The maximum absolute atomic E-state index is 12.7. The van der Waals surface area contributed by atoms with E-state index in [4.69, 9.17) is 4.74 Å². The normalized spacial score (nSPS) is 23.5. The van der Waals surface area contributed by atoms with Crippen LogP contribution in [0.15, 0.2) is 41.4 Å².